The highest BCUT2D eigenvalue weighted by Gasteiger charge is 2.34. The van der Waals surface area contributed by atoms with Gasteiger partial charge in [-0.2, -0.15) is 0 Å². The molecular weight excluding hydrogens is 436 g/mol. The van der Waals surface area contributed by atoms with Gasteiger partial charge >= 0.3 is 12.0 Å². The van der Waals surface area contributed by atoms with Crippen molar-refractivity contribution in [2.24, 2.45) is 0 Å². The minimum Gasteiger partial charge on any atom is -0.497 e. The van der Waals surface area contributed by atoms with Crippen LogP contribution < -0.4 is 25.0 Å². The van der Waals surface area contributed by atoms with Crippen molar-refractivity contribution in [3.8, 4) is 11.5 Å². The Bertz CT molecular complexity index is 1060. The van der Waals surface area contributed by atoms with Gasteiger partial charge in [-0.05, 0) is 29.8 Å². The molecule has 0 radical (unpaired) electrons. The summed E-state index contributed by atoms with van der Waals surface area (Å²) in [6.07, 6.45) is 0. The maximum Gasteiger partial charge on any atom is 0.338 e. The Kier molecular flexibility index (Phi) is 7.22. The number of carbonyl (C=O) groups is 2. The number of methoxy groups -OCH3 is 3. The van der Waals surface area contributed by atoms with Gasteiger partial charge < -0.3 is 29.7 Å². The molecule has 9 heteroatoms. The van der Waals surface area contributed by atoms with Gasteiger partial charge in [-0.3, -0.25) is 4.90 Å². The van der Waals surface area contributed by atoms with E-state index in [1.165, 1.54) is 7.11 Å². The first kappa shape index (κ1) is 23.4. The van der Waals surface area contributed by atoms with E-state index in [2.05, 4.69) is 26.5 Å². The molecule has 1 fully saturated rings. The first-order valence-electron chi connectivity index (χ1n) is 11.2. The van der Waals surface area contributed by atoms with Gasteiger partial charge in [0.05, 0.1) is 32.9 Å². The van der Waals surface area contributed by atoms with Gasteiger partial charge in [-0.1, -0.05) is 18.2 Å². The van der Waals surface area contributed by atoms with E-state index in [1.807, 2.05) is 30.3 Å². The van der Waals surface area contributed by atoms with Crippen LogP contribution in [0.4, 0.5) is 10.5 Å². The van der Waals surface area contributed by atoms with Crippen molar-refractivity contribution in [1.82, 2.24) is 15.5 Å². The number of benzene rings is 2. The van der Waals surface area contributed by atoms with Gasteiger partial charge in [0.25, 0.3) is 0 Å². The topological polar surface area (TPSA) is 92.4 Å². The third-order valence-corrected chi connectivity index (χ3v) is 6.18. The number of nitrogens with zero attached hydrogens (tertiary/aromatic N) is 2. The Labute approximate surface area is 199 Å². The second-order valence-corrected chi connectivity index (χ2v) is 8.15. The third-order valence-electron chi connectivity index (χ3n) is 6.18. The fourth-order valence-corrected chi connectivity index (χ4v) is 4.33. The van der Waals surface area contributed by atoms with Crippen molar-refractivity contribution in [2.45, 2.75) is 6.04 Å². The Morgan fingerprint density at radius 2 is 1.68 bits per heavy atom. The molecule has 0 aliphatic carbocycles. The van der Waals surface area contributed by atoms with Crippen LogP contribution in [0.5, 0.6) is 11.5 Å². The number of anilines is 1. The predicted molar refractivity (Wildman–Crippen MR) is 128 cm³/mol. The first-order chi connectivity index (χ1) is 16.5. The maximum atomic E-state index is 12.8. The van der Waals surface area contributed by atoms with Gasteiger partial charge in [0, 0.05) is 50.2 Å². The van der Waals surface area contributed by atoms with Crippen molar-refractivity contribution in [3.05, 3.63) is 65.4 Å². The zero-order valence-corrected chi connectivity index (χ0v) is 19.7. The summed E-state index contributed by atoms with van der Waals surface area (Å²) in [4.78, 5) is 29.8. The number of esters is 1. The molecule has 2 N–H and O–H groups in total. The van der Waals surface area contributed by atoms with Crippen LogP contribution in [-0.2, 0) is 9.53 Å². The molecule has 1 atom stereocenters. The van der Waals surface area contributed by atoms with Crippen LogP contribution in [0.2, 0.25) is 0 Å². The van der Waals surface area contributed by atoms with Gasteiger partial charge in [0.15, 0.2) is 0 Å². The number of urea groups is 1. The van der Waals surface area contributed by atoms with Crippen molar-refractivity contribution < 1.29 is 23.8 Å². The lowest BCUT2D eigenvalue weighted by Gasteiger charge is -2.38. The van der Waals surface area contributed by atoms with Crippen LogP contribution in [0.3, 0.4) is 0 Å². The van der Waals surface area contributed by atoms with E-state index < -0.39 is 12.0 Å². The summed E-state index contributed by atoms with van der Waals surface area (Å²) in [5.41, 5.74) is 2.85. The molecule has 0 spiro atoms. The van der Waals surface area contributed by atoms with Crippen molar-refractivity contribution in [1.29, 1.82) is 0 Å². The van der Waals surface area contributed by atoms with Crippen molar-refractivity contribution in [3.63, 3.8) is 0 Å². The molecule has 180 valence electrons. The first-order valence-corrected chi connectivity index (χ1v) is 11.2. The number of nitrogens with one attached hydrogen (secondary N) is 2. The quantitative estimate of drug-likeness (QED) is 0.605. The van der Waals surface area contributed by atoms with Crippen LogP contribution in [0, 0.1) is 0 Å². The van der Waals surface area contributed by atoms with Crippen LogP contribution in [-0.4, -0.2) is 71.0 Å². The highest BCUT2D eigenvalue weighted by Crippen LogP contribution is 2.30. The number of amides is 2. The largest absolute Gasteiger partial charge is 0.497 e. The molecule has 1 unspecified atom stereocenters. The molecule has 0 saturated carbocycles. The number of piperazine rings is 1. The van der Waals surface area contributed by atoms with Gasteiger partial charge in [0.2, 0.25) is 0 Å². The standard InChI is InChI=1S/C25H30N4O5/c1-32-19-9-7-17(8-10-19)23-22(24(30)34-3)21(26-25(31)27-23)16-28-11-13-29(14-12-28)18-5-4-6-20(15-18)33-2/h4-10,15,23H,11-14,16H2,1-3H3,(H2,26,27,31). The Morgan fingerprint density at radius 3 is 2.32 bits per heavy atom. The summed E-state index contributed by atoms with van der Waals surface area (Å²) < 4.78 is 15.7. The maximum absolute atomic E-state index is 12.8. The molecule has 2 aromatic rings. The van der Waals surface area contributed by atoms with E-state index in [9.17, 15) is 9.59 Å². The smallest absolute Gasteiger partial charge is 0.338 e. The van der Waals surface area contributed by atoms with Crippen LogP contribution in [0.15, 0.2) is 59.8 Å². The Balaban J connectivity index is 1.52. The van der Waals surface area contributed by atoms with Crippen molar-refractivity contribution in [2.75, 3.05) is 59.0 Å². The normalized spacial score (nSPS) is 18.7. The molecule has 2 amide bonds. The fourth-order valence-electron chi connectivity index (χ4n) is 4.33. The number of hydrogen-bond donors (Lipinski definition) is 2. The SMILES string of the molecule is COC(=O)C1=C(CN2CCN(c3cccc(OC)c3)CC2)NC(=O)NC1c1ccc(OC)cc1. The zero-order chi connectivity index (χ0) is 24.1. The van der Waals surface area contributed by atoms with E-state index in [4.69, 9.17) is 14.2 Å². The summed E-state index contributed by atoms with van der Waals surface area (Å²) >= 11 is 0. The number of hydrogen-bond acceptors (Lipinski definition) is 7. The minimum atomic E-state index is -0.611. The highest BCUT2D eigenvalue weighted by molar-refractivity contribution is 5.95. The average Bonchev–Trinajstić information content (AvgIpc) is 2.88. The van der Waals surface area contributed by atoms with E-state index in [-0.39, 0.29) is 6.03 Å². The molecule has 4 rings (SSSR count). The summed E-state index contributed by atoms with van der Waals surface area (Å²) in [5, 5.41) is 5.70. The van der Waals surface area contributed by atoms with Gasteiger partial charge in [0.1, 0.15) is 11.5 Å². The second-order valence-electron chi connectivity index (χ2n) is 8.15. The summed E-state index contributed by atoms with van der Waals surface area (Å²) in [6, 6.07) is 14.3. The van der Waals surface area contributed by atoms with E-state index >= 15 is 0 Å². The molecule has 2 aliphatic heterocycles. The third kappa shape index (κ3) is 5.09. The van der Waals surface area contributed by atoms with Crippen molar-refractivity contribution >= 4 is 17.7 Å². The molecule has 9 nitrogen and oxygen atoms in total. The molecule has 34 heavy (non-hydrogen) atoms. The molecule has 0 bridgehead atoms. The summed E-state index contributed by atoms with van der Waals surface area (Å²) in [5.74, 6) is 1.05. The predicted octanol–water partition coefficient (Wildman–Crippen LogP) is 2.31. The number of rotatable bonds is 7. The van der Waals surface area contributed by atoms with E-state index in [1.54, 1.807) is 26.4 Å². The molecule has 2 aliphatic rings. The Hall–Kier alpha value is -3.72. The van der Waals surface area contributed by atoms with Crippen LogP contribution in [0.25, 0.3) is 0 Å². The zero-order valence-electron chi connectivity index (χ0n) is 19.7. The number of carbonyl (C=O) groups excluding carboxylic acids is 2. The van der Waals surface area contributed by atoms with Gasteiger partial charge in [-0.15, -0.1) is 0 Å². The molecular formula is C25H30N4O5. The molecule has 2 aromatic carbocycles. The monoisotopic (exact) mass is 466 g/mol. The van der Waals surface area contributed by atoms with E-state index in [0.717, 1.165) is 43.2 Å². The number of ether oxygens (including phenoxy) is 3. The van der Waals surface area contributed by atoms with E-state index in [0.29, 0.717) is 23.6 Å². The lowest BCUT2D eigenvalue weighted by Crippen LogP contribution is -2.51. The Morgan fingerprint density at radius 1 is 0.971 bits per heavy atom. The molecule has 1 saturated heterocycles. The van der Waals surface area contributed by atoms with Gasteiger partial charge in [-0.25, -0.2) is 9.59 Å². The molecule has 0 aromatic heterocycles. The summed E-state index contributed by atoms with van der Waals surface area (Å²) in [7, 11) is 4.60. The van der Waals surface area contributed by atoms with Crippen LogP contribution >= 0.6 is 0 Å². The lowest BCUT2D eigenvalue weighted by molar-refractivity contribution is -0.136. The second kappa shape index (κ2) is 10.5. The lowest BCUT2D eigenvalue weighted by atomic mass is 9.95. The molecule has 2 heterocycles. The highest BCUT2D eigenvalue weighted by atomic mass is 16.5. The minimum absolute atomic E-state index is 0.349. The average molecular weight is 467 g/mol. The van der Waals surface area contributed by atoms with Crippen LogP contribution in [0.1, 0.15) is 11.6 Å². The fraction of sp³-hybridized carbons (Fsp3) is 0.360. The summed E-state index contributed by atoms with van der Waals surface area (Å²) in [6.45, 7) is 3.65.